The van der Waals surface area contributed by atoms with Crippen molar-refractivity contribution in [2.24, 2.45) is 5.92 Å². The summed E-state index contributed by atoms with van der Waals surface area (Å²) in [7, 11) is 0. The van der Waals surface area contributed by atoms with Crippen molar-refractivity contribution in [3.8, 4) is 17.2 Å². The molecule has 0 bridgehead atoms. The number of amides is 2. The van der Waals surface area contributed by atoms with Crippen molar-refractivity contribution >= 4 is 23.2 Å². The third-order valence-electron chi connectivity index (χ3n) is 5.43. The van der Waals surface area contributed by atoms with Crippen molar-refractivity contribution in [3.05, 3.63) is 42.5 Å². The first kappa shape index (κ1) is 21.0. The molecular formula is C23H27N3O5. The van der Waals surface area contributed by atoms with E-state index in [9.17, 15) is 9.59 Å². The van der Waals surface area contributed by atoms with Gasteiger partial charge in [0.15, 0.2) is 11.5 Å². The Balaban J connectivity index is 1.24. The van der Waals surface area contributed by atoms with Gasteiger partial charge in [-0.05, 0) is 57.1 Å². The number of benzene rings is 2. The Hall–Kier alpha value is -3.26. The van der Waals surface area contributed by atoms with Gasteiger partial charge in [-0.25, -0.2) is 0 Å². The molecule has 2 aromatic rings. The molecule has 1 fully saturated rings. The summed E-state index contributed by atoms with van der Waals surface area (Å²) >= 11 is 0. The van der Waals surface area contributed by atoms with Crippen LogP contribution in [0.3, 0.4) is 0 Å². The fourth-order valence-corrected chi connectivity index (χ4v) is 3.82. The van der Waals surface area contributed by atoms with Gasteiger partial charge in [-0.1, -0.05) is 12.1 Å². The lowest BCUT2D eigenvalue weighted by molar-refractivity contribution is -0.121. The zero-order valence-electron chi connectivity index (χ0n) is 17.6. The molecule has 2 aliphatic rings. The summed E-state index contributed by atoms with van der Waals surface area (Å²) in [6, 6.07) is 12.8. The minimum absolute atomic E-state index is 0.00592. The molecule has 0 spiro atoms. The van der Waals surface area contributed by atoms with Crippen LogP contribution >= 0.6 is 0 Å². The SMILES string of the molecule is CCOc1ccccc1NC(=O)CN1CCC(C(=O)Nc2ccc3c(c2)OCO3)CC1. The molecule has 31 heavy (non-hydrogen) atoms. The van der Waals surface area contributed by atoms with E-state index in [1.54, 1.807) is 12.1 Å². The standard InChI is InChI=1S/C23H27N3O5/c1-2-29-19-6-4-3-5-18(19)25-22(27)14-26-11-9-16(10-12-26)23(28)24-17-7-8-20-21(13-17)31-15-30-20/h3-8,13,16H,2,9-12,14-15H2,1H3,(H,24,28)(H,25,27). The number of carbonyl (C=O) groups excluding carboxylic acids is 2. The van der Waals surface area contributed by atoms with E-state index >= 15 is 0 Å². The van der Waals surface area contributed by atoms with Crippen molar-refractivity contribution in [1.82, 2.24) is 4.90 Å². The Bertz CT molecular complexity index is 941. The highest BCUT2D eigenvalue weighted by molar-refractivity contribution is 5.94. The third kappa shape index (κ3) is 5.27. The van der Waals surface area contributed by atoms with Gasteiger partial charge in [-0.2, -0.15) is 0 Å². The van der Waals surface area contributed by atoms with Gasteiger partial charge in [-0.3, -0.25) is 14.5 Å². The fraction of sp³-hybridized carbons (Fsp3) is 0.391. The Morgan fingerprint density at radius 3 is 2.65 bits per heavy atom. The van der Waals surface area contributed by atoms with Gasteiger partial charge in [0, 0.05) is 17.7 Å². The number of ether oxygens (including phenoxy) is 3. The smallest absolute Gasteiger partial charge is 0.238 e. The van der Waals surface area contributed by atoms with Crippen LogP contribution in [0.15, 0.2) is 42.5 Å². The second-order valence-corrected chi connectivity index (χ2v) is 7.59. The Morgan fingerprint density at radius 1 is 1.06 bits per heavy atom. The molecule has 0 unspecified atom stereocenters. The van der Waals surface area contributed by atoms with Crippen molar-refractivity contribution in [3.63, 3.8) is 0 Å². The Morgan fingerprint density at radius 2 is 1.84 bits per heavy atom. The predicted molar refractivity (Wildman–Crippen MR) is 117 cm³/mol. The molecule has 2 heterocycles. The zero-order chi connectivity index (χ0) is 21.6. The first-order chi connectivity index (χ1) is 15.1. The normalized spacial score (nSPS) is 16.0. The lowest BCUT2D eigenvalue weighted by atomic mass is 9.95. The quantitative estimate of drug-likeness (QED) is 0.709. The monoisotopic (exact) mass is 425 g/mol. The van der Waals surface area contributed by atoms with Crippen molar-refractivity contribution in [2.45, 2.75) is 19.8 Å². The van der Waals surface area contributed by atoms with E-state index in [1.165, 1.54) is 0 Å². The summed E-state index contributed by atoms with van der Waals surface area (Å²) < 4.78 is 16.2. The van der Waals surface area contributed by atoms with Crippen LogP contribution in [0.4, 0.5) is 11.4 Å². The average molecular weight is 425 g/mol. The van der Waals surface area contributed by atoms with Crippen LogP contribution in [0.2, 0.25) is 0 Å². The first-order valence-corrected chi connectivity index (χ1v) is 10.6. The molecular weight excluding hydrogens is 398 g/mol. The van der Waals surface area contributed by atoms with Gasteiger partial charge in [0.2, 0.25) is 18.6 Å². The number of anilines is 2. The molecule has 2 N–H and O–H groups in total. The molecule has 0 aliphatic carbocycles. The number of rotatable bonds is 7. The summed E-state index contributed by atoms with van der Waals surface area (Å²) in [5.74, 6) is 1.82. The van der Waals surface area contributed by atoms with Gasteiger partial charge in [0.05, 0.1) is 18.8 Å². The third-order valence-corrected chi connectivity index (χ3v) is 5.43. The summed E-state index contributed by atoms with van der Waals surface area (Å²) in [6.45, 7) is 4.33. The highest BCUT2D eigenvalue weighted by atomic mass is 16.7. The maximum atomic E-state index is 12.6. The molecule has 0 radical (unpaired) electrons. The van der Waals surface area contributed by atoms with E-state index in [2.05, 4.69) is 15.5 Å². The van der Waals surface area contributed by atoms with Gasteiger partial charge in [0.1, 0.15) is 5.75 Å². The molecule has 1 saturated heterocycles. The number of nitrogens with one attached hydrogen (secondary N) is 2. The number of hydrogen-bond acceptors (Lipinski definition) is 6. The molecule has 2 amide bonds. The van der Waals surface area contributed by atoms with E-state index in [0.717, 1.165) is 0 Å². The van der Waals surface area contributed by atoms with Gasteiger partial charge < -0.3 is 24.8 Å². The number of para-hydroxylation sites is 2. The molecule has 4 rings (SSSR count). The molecule has 164 valence electrons. The minimum atomic E-state index is -0.0876. The van der Waals surface area contributed by atoms with Gasteiger partial charge in [-0.15, -0.1) is 0 Å². The Labute approximate surface area is 181 Å². The van der Waals surface area contributed by atoms with Gasteiger partial charge in [0.25, 0.3) is 0 Å². The number of hydrogen-bond donors (Lipinski definition) is 2. The number of piperidine rings is 1. The van der Waals surface area contributed by atoms with Crippen molar-refractivity contribution in [2.75, 3.05) is 43.7 Å². The van der Waals surface area contributed by atoms with Crippen LogP contribution in [0.25, 0.3) is 0 Å². The lowest BCUT2D eigenvalue weighted by Gasteiger charge is -2.30. The summed E-state index contributed by atoms with van der Waals surface area (Å²) in [5, 5.41) is 5.88. The van der Waals surface area contributed by atoms with Crippen LogP contribution in [0, 0.1) is 5.92 Å². The van der Waals surface area contributed by atoms with Crippen LogP contribution in [0.5, 0.6) is 17.2 Å². The lowest BCUT2D eigenvalue weighted by Crippen LogP contribution is -2.41. The molecule has 0 aromatic heterocycles. The van der Waals surface area contributed by atoms with Crippen LogP contribution in [-0.4, -0.2) is 49.7 Å². The number of nitrogens with zero attached hydrogens (tertiary/aromatic N) is 1. The fourth-order valence-electron chi connectivity index (χ4n) is 3.82. The van der Waals surface area contributed by atoms with Crippen LogP contribution in [0.1, 0.15) is 19.8 Å². The second-order valence-electron chi connectivity index (χ2n) is 7.59. The summed E-state index contributed by atoms with van der Waals surface area (Å²) in [6.07, 6.45) is 1.42. The van der Waals surface area contributed by atoms with E-state index in [1.807, 2.05) is 37.3 Å². The van der Waals surface area contributed by atoms with Crippen molar-refractivity contribution < 1.29 is 23.8 Å². The van der Waals surface area contributed by atoms with Gasteiger partial charge >= 0.3 is 0 Å². The predicted octanol–water partition coefficient (Wildman–Crippen LogP) is 3.10. The molecule has 8 heteroatoms. The van der Waals surface area contributed by atoms with Crippen LogP contribution in [-0.2, 0) is 9.59 Å². The zero-order valence-corrected chi connectivity index (χ0v) is 17.6. The minimum Gasteiger partial charge on any atom is -0.492 e. The number of carbonyl (C=O) groups is 2. The maximum absolute atomic E-state index is 12.6. The number of likely N-dealkylation sites (tertiary alicyclic amines) is 1. The molecule has 2 aromatic carbocycles. The Kier molecular flexibility index (Phi) is 6.57. The van der Waals surface area contributed by atoms with Crippen molar-refractivity contribution in [1.29, 1.82) is 0 Å². The summed E-state index contributed by atoms with van der Waals surface area (Å²) in [5.41, 5.74) is 1.37. The van der Waals surface area contributed by atoms with E-state index < -0.39 is 0 Å². The largest absolute Gasteiger partial charge is 0.492 e. The molecule has 0 atom stereocenters. The van der Waals surface area contributed by atoms with E-state index in [4.69, 9.17) is 14.2 Å². The van der Waals surface area contributed by atoms with Crippen LogP contribution < -0.4 is 24.8 Å². The highest BCUT2D eigenvalue weighted by Crippen LogP contribution is 2.34. The maximum Gasteiger partial charge on any atom is 0.238 e. The summed E-state index contributed by atoms with van der Waals surface area (Å²) in [4.78, 5) is 27.2. The topological polar surface area (TPSA) is 89.1 Å². The second kappa shape index (κ2) is 9.70. The average Bonchev–Trinajstić information content (AvgIpc) is 3.24. The molecule has 8 nitrogen and oxygen atoms in total. The van der Waals surface area contributed by atoms with E-state index in [-0.39, 0.29) is 31.1 Å². The molecule has 2 aliphatic heterocycles. The number of fused-ring (bicyclic) bond motifs is 1. The van der Waals surface area contributed by atoms with E-state index in [0.29, 0.717) is 61.2 Å². The highest BCUT2D eigenvalue weighted by Gasteiger charge is 2.26. The first-order valence-electron chi connectivity index (χ1n) is 10.6. The molecule has 0 saturated carbocycles.